The summed E-state index contributed by atoms with van der Waals surface area (Å²) in [6.45, 7) is 0. The molecule has 0 amide bonds. The zero-order chi connectivity index (χ0) is 0. The molecule has 0 heterocycles. The SMILES string of the molecule is B.C.Cl.F.F.F.F. The first-order valence-corrected chi connectivity index (χ1v) is 0. The Balaban J connectivity index is 0. The Morgan fingerprint density at radius 2 is 0.571 bits per heavy atom. The van der Waals surface area contributed by atoms with Crippen LogP contribution in [0.3, 0.4) is 0 Å². The van der Waals surface area contributed by atoms with Crippen LogP contribution in [0.15, 0.2) is 0 Å². The third-order valence-electron chi connectivity index (χ3n) is 0. The van der Waals surface area contributed by atoms with Crippen molar-refractivity contribution in [1.29, 1.82) is 0 Å². The van der Waals surface area contributed by atoms with Gasteiger partial charge in [0, 0.05) is 0 Å². The quantitative estimate of drug-likeness (QED) is 0.345. The summed E-state index contributed by atoms with van der Waals surface area (Å²) in [5, 5.41) is 0. The summed E-state index contributed by atoms with van der Waals surface area (Å²) in [6, 6.07) is 0. The monoisotopic (exact) mass is 146 g/mol. The van der Waals surface area contributed by atoms with Crippen LogP contribution in [0.2, 0.25) is 0 Å². The van der Waals surface area contributed by atoms with E-state index in [9.17, 15) is 0 Å². The molecule has 0 fully saturated rings. The first-order chi connectivity index (χ1) is 0. The molecule has 0 unspecified atom stereocenters. The van der Waals surface area contributed by atoms with Gasteiger partial charge in [-0.05, 0) is 0 Å². The molecule has 0 N–H and O–H groups in total. The van der Waals surface area contributed by atoms with E-state index in [1.807, 2.05) is 0 Å². The Morgan fingerprint density at radius 3 is 0.571 bits per heavy atom. The average Bonchev–Trinajstić information content (AvgIpc) is 0. The normalized spacial score (nSPS) is 0. The van der Waals surface area contributed by atoms with Crippen LogP contribution in [0.25, 0.3) is 0 Å². The minimum absolute atomic E-state index is 0. The van der Waals surface area contributed by atoms with Crippen LogP contribution in [-0.4, -0.2) is 8.41 Å². The van der Waals surface area contributed by atoms with Crippen molar-refractivity contribution in [3.8, 4) is 0 Å². The van der Waals surface area contributed by atoms with E-state index in [1.165, 1.54) is 0 Å². The maximum absolute atomic E-state index is 0. The lowest BCUT2D eigenvalue weighted by Crippen LogP contribution is -0.381. The molecule has 0 aromatic heterocycles. The second kappa shape index (κ2) is 27900. The fraction of sp³-hybridized carbons (Fsp3) is 1.00. The average molecular weight is 146 g/mol. The molecule has 0 radical (unpaired) electrons. The third-order valence-corrected chi connectivity index (χ3v) is 0. The Morgan fingerprint density at radius 1 is 0.571 bits per heavy atom. The van der Waals surface area contributed by atoms with Gasteiger partial charge in [0.05, 0.1) is 8.41 Å². The number of hydrogen-bond acceptors (Lipinski definition) is 0. The number of rotatable bonds is 0. The Labute approximate surface area is 48.1 Å². The van der Waals surface area contributed by atoms with Gasteiger partial charge in [0.1, 0.15) is 0 Å². The molecule has 6 heteroatoms. The van der Waals surface area contributed by atoms with E-state index in [0.717, 1.165) is 0 Å². The van der Waals surface area contributed by atoms with Crippen molar-refractivity contribution in [3.05, 3.63) is 0 Å². The summed E-state index contributed by atoms with van der Waals surface area (Å²) >= 11 is 0. The predicted molar refractivity (Wildman–Crippen MR) is 33.9 cm³/mol. The van der Waals surface area contributed by atoms with Gasteiger partial charge in [-0.2, -0.15) is 0 Å². The molecule has 7 heavy (non-hydrogen) atoms. The highest BCUT2D eigenvalue weighted by molar-refractivity contribution is 5.85. The fourth-order valence-electron chi connectivity index (χ4n) is 0. The van der Waals surface area contributed by atoms with Crippen LogP contribution in [0.1, 0.15) is 7.43 Å². The lowest BCUT2D eigenvalue weighted by molar-refractivity contribution is 1.11. The van der Waals surface area contributed by atoms with E-state index < -0.39 is 0 Å². The molecule has 0 saturated carbocycles. The van der Waals surface area contributed by atoms with Gasteiger partial charge in [-0.3, -0.25) is 18.8 Å². The van der Waals surface area contributed by atoms with Crippen molar-refractivity contribution in [2.45, 2.75) is 7.43 Å². The molecule has 0 aliphatic rings. The molecule has 0 aliphatic heterocycles. The Hall–Kier alpha value is 0.0749. The van der Waals surface area contributed by atoms with Crippen LogP contribution < -0.4 is 0 Å². The summed E-state index contributed by atoms with van der Waals surface area (Å²) in [7, 11) is 0. The van der Waals surface area contributed by atoms with Gasteiger partial charge >= 0.3 is 0 Å². The van der Waals surface area contributed by atoms with E-state index in [0.29, 0.717) is 0 Å². The second-order valence-corrected chi connectivity index (χ2v) is 0. The van der Waals surface area contributed by atoms with E-state index >= 15 is 0 Å². The molecule has 0 atom stereocenters. The molecule has 0 aliphatic carbocycles. The highest BCUT2D eigenvalue weighted by Gasteiger charge is 0.0814. The van der Waals surface area contributed by atoms with Crippen LogP contribution in [0, 0.1) is 0 Å². The van der Waals surface area contributed by atoms with E-state index in [1.54, 1.807) is 0 Å². The van der Waals surface area contributed by atoms with Gasteiger partial charge in [-0.25, -0.2) is 0 Å². The van der Waals surface area contributed by atoms with Gasteiger partial charge in [0.2, 0.25) is 0 Å². The van der Waals surface area contributed by atoms with Crippen molar-refractivity contribution < 1.29 is 18.8 Å². The summed E-state index contributed by atoms with van der Waals surface area (Å²) in [6.07, 6.45) is 0. The van der Waals surface area contributed by atoms with Gasteiger partial charge in [0.15, 0.2) is 0 Å². The first kappa shape index (κ1) is 46500. The fourth-order valence-corrected chi connectivity index (χ4v) is 0. The minimum Gasteiger partial charge on any atom is -0.269 e. The maximum atomic E-state index is 0. The largest absolute Gasteiger partial charge is 0.269 e. The minimum atomic E-state index is 0. The molecule has 0 bridgehead atoms. The number of halogens is 5. The molecular weight excluding hydrogens is 134 g/mol. The summed E-state index contributed by atoms with van der Waals surface area (Å²) in [5.74, 6) is 0. The van der Waals surface area contributed by atoms with Gasteiger partial charge in [0.25, 0.3) is 0 Å². The van der Waals surface area contributed by atoms with E-state index in [-0.39, 0.29) is 47.1 Å². The van der Waals surface area contributed by atoms with Gasteiger partial charge in [-0.1, -0.05) is 7.43 Å². The highest BCUT2D eigenvalue weighted by Crippen LogP contribution is 0.690. The zero-order valence-electron chi connectivity index (χ0n) is 2.04. The van der Waals surface area contributed by atoms with Crippen molar-refractivity contribution in [3.63, 3.8) is 0 Å². The third kappa shape index (κ3) is 18000. The predicted octanol–water partition coefficient (Wildman–Crippen LogP) is 0.484. The van der Waals surface area contributed by atoms with Gasteiger partial charge in [-0.15, -0.1) is 12.4 Å². The summed E-state index contributed by atoms with van der Waals surface area (Å²) in [5.41, 5.74) is 0. The van der Waals surface area contributed by atoms with Crippen molar-refractivity contribution in [2.75, 3.05) is 0 Å². The lowest BCUT2D eigenvalue weighted by atomic mass is 10.8. The molecule has 0 aromatic rings. The highest BCUT2D eigenvalue weighted by atomic mass is 35.5. The molecule has 0 saturated heterocycles. The zero-order valence-corrected chi connectivity index (χ0v) is 2.86. The smallest absolute Gasteiger partial charge is 0.0814 e. The molecule has 0 aromatic carbocycles. The van der Waals surface area contributed by atoms with Crippen LogP contribution >= 0.6 is 12.4 Å². The maximum Gasteiger partial charge on any atom is 0.0814 e. The summed E-state index contributed by atoms with van der Waals surface area (Å²) < 4.78 is 0. The second-order valence-electron chi connectivity index (χ2n) is 0. The van der Waals surface area contributed by atoms with Crippen molar-refractivity contribution in [1.82, 2.24) is 0 Å². The molecule has 0 nitrogen and oxygen atoms in total. The topological polar surface area (TPSA) is 0 Å². The Bertz CT molecular complexity index is 11.7. The molecule has 54 valence electrons. The van der Waals surface area contributed by atoms with E-state index in [4.69, 9.17) is 0 Å². The van der Waals surface area contributed by atoms with Gasteiger partial charge < -0.3 is 0 Å². The van der Waals surface area contributed by atoms with Crippen LogP contribution in [0.5, 0.6) is 0 Å². The lowest BCUT2D eigenvalue weighted by Gasteiger charge is -0.270. The summed E-state index contributed by atoms with van der Waals surface area (Å²) in [4.78, 5) is 0. The standard InChI is InChI=1S/CH4.BH3.ClH.4FH/h1H4;1H3;5*1H. The Kier molecular flexibility index (Phi) is 185000000. The molecule has 0 spiro atoms. The first-order valence-electron chi connectivity index (χ1n) is 0. The van der Waals surface area contributed by atoms with Crippen LogP contribution in [0.4, 0.5) is 18.8 Å². The van der Waals surface area contributed by atoms with E-state index in [2.05, 4.69) is 0 Å². The van der Waals surface area contributed by atoms with Crippen LogP contribution in [-0.2, 0) is 0 Å². The number of hydrogen-bond donors (Lipinski definition) is 0. The molecule has 0 rings (SSSR count). The molecular formula is CH12BClF4. The van der Waals surface area contributed by atoms with Crippen molar-refractivity contribution >= 4 is 20.8 Å². The van der Waals surface area contributed by atoms with Crippen molar-refractivity contribution in [2.24, 2.45) is 0 Å².